The number of amides is 1. The molecule has 0 aromatic carbocycles. The van der Waals surface area contributed by atoms with Crippen LogP contribution in [0.2, 0.25) is 0 Å². The molecule has 0 spiro atoms. The van der Waals surface area contributed by atoms with Crippen LogP contribution in [0.3, 0.4) is 0 Å². The minimum Gasteiger partial charge on any atom is -0.481 e. The van der Waals surface area contributed by atoms with Crippen molar-refractivity contribution in [3.8, 4) is 5.75 Å². The van der Waals surface area contributed by atoms with Gasteiger partial charge in [0.15, 0.2) is 0 Å². The Morgan fingerprint density at radius 1 is 1.47 bits per heavy atom. The largest absolute Gasteiger partial charge is 0.481 e. The van der Waals surface area contributed by atoms with E-state index in [2.05, 4.69) is 10.1 Å². The molecule has 1 aromatic rings. The number of rotatable bonds is 5. The Kier molecular flexibility index (Phi) is 3.98. The second-order valence-corrected chi connectivity index (χ2v) is 5.09. The van der Waals surface area contributed by atoms with Crippen molar-refractivity contribution in [3.63, 3.8) is 0 Å². The van der Waals surface area contributed by atoms with E-state index in [9.17, 15) is 18.4 Å². The molecule has 2 N–H and O–H groups in total. The zero-order valence-electron chi connectivity index (χ0n) is 9.64. The van der Waals surface area contributed by atoms with Crippen molar-refractivity contribution in [1.29, 1.82) is 0 Å². The van der Waals surface area contributed by atoms with Gasteiger partial charge in [0, 0.05) is 6.04 Å². The predicted octanol–water partition coefficient (Wildman–Crippen LogP) is 1.94. The first-order valence-corrected chi connectivity index (χ1v) is 6.41. The van der Waals surface area contributed by atoms with E-state index in [0.29, 0.717) is 12.8 Å². The third-order valence-corrected chi connectivity index (χ3v) is 3.77. The van der Waals surface area contributed by atoms with Gasteiger partial charge in [0.25, 0.3) is 5.91 Å². The molecule has 1 amide bonds. The number of carbonyl (C=O) groups excluding carboxylic acids is 1. The number of carboxylic acid groups (broad SMARTS) is 1. The van der Waals surface area contributed by atoms with Gasteiger partial charge in [-0.25, -0.2) is 0 Å². The van der Waals surface area contributed by atoms with E-state index in [-0.39, 0.29) is 16.7 Å². The first-order chi connectivity index (χ1) is 8.97. The Labute approximate surface area is 111 Å². The molecule has 1 aliphatic carbocycles. The van der Waals surface area contributed by atoms with Gasteiger partial charge in [-0.2, -0.15) is 8.78 Å². The summed E-state index contributed by atoms with van der Waals surface area (Å²) in [5, 5.41) is 12.8. The maximum atomic E-state index is 12.1. The molecule has 19 heavy (non-hydrogen) atoms. The van der Waals surface area contributed by atoms with Crippen LogP contribution in [0.1, 0.15) is 22.5 Å². The van der Waals surface area contributed by atoms with E-state index in [1.165, 1.54) is 11.4 Å². The summed E-state index contributed by atoms with van der Waals surface area (Å²) in [7, 11) is 0. The zero-order chi connectivity index (χ0) is 14.0. The van der Waals surface area contributed by atoms with E-state index in [0.717, 1.165) is 11.3 Å². The van der Waals surface area contributed by atoms with Crippen LogP contribution in [-0.4, -0.2) is 29.6 Å². The lowest BCUT2D eigenvalue weighted by Crippen LogP contribution is -2.46. The van der Waals surface area contributed by atoms with Crippen molar-refractivity contribution in [3.05, 3.63) is 16.3 Å². The SMILES string of the molecule is O=C(NC1CC(C(=O)O)C1)c1sccc1OC(F)F. The maximum absolute atomic E-state index is 12.1. The fourth-order valence-electron chi connectivity index (χ4n) is 1.84. The highest BCUT2D eigenvalue weighted by Gasteiger charge is 2.35. The highest BCUT2D eigenvalue weighted by atomic mass is 32.1. The molecule has 2 rings (SSSR count). The van der Waals surface area contributed by atoms with E-state index < -0.39 is 24.4 Å². The summed E-state index contributed by atoms with van der Waals surface area (Å²) in [5.74, 6) is -2.00. The summed E-state index contributed by atoms with van der Waals surface area (Å²) in [6.45, 7) is -2.98. The summed E-state index contributed by atoms with van der Waals surface area (Å²) in [6.07, 6.45) is 0.717. The van der Waals surface area contributed by atoms with Crippen LogP contribution in [0.25, 0.3) is 0 Å². The maximum Gasteiger partial charge on any atom is 0.387 e. The summed E-state index contributed by atoms with van der Waals surface area (Å²) in [6, 6.07) is 1.07. The van der Waals surface area contributed by atoms with Crippen molar-refractivity contribution in [2.24, 2.45) is 5.92 Å². The van der Waals surface area contributed by atoms with Crippen molar-refractivity contribution in [2.45, 2.75) is 25.5 Å². The number of thiophene rings is 1. The molecular formula is C11H11F2NO4S. The Balaban J connectivity index is 1.91. The third-order valence-electron chi connectivity index (χ3n) is 2.87. The fraction of sp³-hybridized carbons (Fsp3) is 0.455. The van der Waals surface area contributed by atoms with Crippen molar-refractivity contribution < 1.29 is 28.2 Å². The summed E-state index contributed by atoms with van der Waals surface area (Å²) >= 11 is 0.997. The zero-order valence-corrected chi connectivity index (χ0v) is 10.5. The molecular weight excluding hydrogens is 280 g/mol. The highest BCUT2D eigenvalue weighted by molar-refractivity contribution is 7.12. The smallest absolute Gasteiger partial charge is 0.387 e. The number of ether oxygens (including phenoxy) is 1. The molecule has 1 aliphatic rings. The lowest BCUT2D eigenvalue weighted by molar-refractivity contribution is -0.145. The number of nitrogens with one attached hydrogen (secondary N) is 1. The van der Waals surface area contributed by atoms with Gasteiger partial charge in [0.2, 0.25) is 0 Å². The molecule has 1 fully saturated rings. The van der Waals surface area contributed by atoms with E-state index in [4.69, 9.17) is 5.11 Å². The summed E-state index contributed by atoms with van der Waals surface area (Å²) in [4.78, 5) is 22.5. The van der Waals surface area contributed by atoms with E-state index >= 15 is 0 Å². The standard InChI is InChI=1S/C11H11F2NO4S/c12-11(13)18-7-1-2-19-8(7)9(15)14-6-3-5(4-6)10(16)17/h1-2,5-6,11H,3-4H2,(H,14,15)(H,16,17). The lowest BCUT2D eigenvalue weighted by Gasteiger charge is -2.32. The van der Waals surface area contributed by atoms with Crippen LogP contribution in [0.15, 0.2) is 11.4 Å². The van der Waals surface area contributed by atoms with E-state index in [1.807, 2.05) is 0 Å². The van der Waals surface area contributed by atoms with Crippen molar-refractivity contribution in [1.82, 2.24) is 5.32 Å². The molecule has 104 valence electrons. The molecule has 0 unspecified atom stereocenters. The molecule has 1 heterocycles. The molecule has 5 nitrogen and oxygen atoms in total. The lowest BCUT2D eigenvalue weighted by atomic mass is 9.80. The van der Waals surface area contributed by atoms with Crippen LogP contribution >= 0.6 is 11.3 Å². The highest BCUT2D eigenvalue weighted by Crippen LogP contribution is 2.30. The van der Waals surface area contributed by atoms with Gasteiger partial charge >= 0.3 is 12.6 Å². The minimum absolute atomic E-state index is 0.0686. The number of carboxylic acids is 1. The summed E-state index contributed by atoms with van der Waals surface area (Å²) < 4.78 is 28.4. The van der Waals surface area contributed by atoms with Crippen LogP contribution in [0.5, 0.6) is 5.75 Å². The average Bonchev–Trinajstić information content (AvgIpc) is 2.68. The van der Waals surface area contributed by atoms with Crippen molar-refractivity contribution in [2.75, 3.05) is 0 Å². The Hall–Kier alpha value is -1.70. The Morgan fingerprint density at radius 2 is 2.16 bits per heavy atom. The fourth-order valence-corrected chi connectivity index (χ4v) is 2.57. The molecule has 0 bridgehead atoms. The van der Waals surface area contributed by atoms with Gasteiger partial charge in [-0.1, -0.05) is 0 Å². The third kappa shape index (κ3) is 3.19. The first kappa shape index (κ1) is 13.7. The first-order valence-electron chi connectivity index (χ1n) is 5.53. The minimum atomic E-state index is -2.98. The van der Waals surface area contributed by atoms with Gasteiger partial charge in [-0.05, 0) is 24.3 Å². The second-order valence-electron chi connectivity index (χ2n) is 4.17. The Bertz CT molecular complexity index is 485. The van der Waals surface area contributed by atoms with Gasteiger partial charge in [0.1, 0.15) is 10.6 Å². The molecule has 0 aliphatic heterocycles. The quantitative estimate of drug-likeness (QED) is 0.869. The van der Waals surface area contributed by atoms with Gasteiger partial charge in [-0.3, -0.25) is 9.59 Å². The second kappa shape index (κ2) is 5.52. The molecule has 1 aromatic heterocycles. The van der Waals surface area contributed by atoms with E-state index in [1.54, 1.807) is 0 Å². The predicted molar refractivity (Wildman–Crippen MR) is 62.6 cm³/mol. The molecule has 0 saturated heterocycles. The normalized spacial score (nSPS) is 21.8. The number of hydrogen-bond donors (Lipinski definition) is 2. The number of aliphatic carboxylic acids is 1. The average molecular weight is 291 g/mol. The molecule has 0 radical (unpaired) electrons. The van der Waals surface area contributed by atoms with Crippen LogP contribution < -0.4 is 10.1 Å². The number of hydrogen-bond acceptors (Lipinski definition) is 4. The molecule has 1 saturated carbocycles. The summed E-state index contributed by atoms with van der Waals surface area (Å²) in [5.41, 5.74) is 0. The van der Waals surface area contributed by atoms with Gasteiger partial charge in [0.05, 0.1) is 5.92 Å². The van der Waals surface area contributed by atoms with Gasteiger partial charge < -0.3 is 15.2 Å². The van der Waals surface area contributed by atoms with Crippen LogP contribution in [0.4, 0.5) is 8.78 Å². The Morgan fingerprint density at radius 3 is 2.74 bits per heavy atom. The number of alkyl halides is 2. The van der Waals surface area contributed by atoms with Crippen LogP contribution in [-0.2, 0) is 4.79 Å². The number of carbonyl (C=O) groups is 2. The molecule has 8 heteroatoms. The topological polar surface area (TPSA) is 75.6 Å². The monoisotopic (exact) mass is 291 g/mol. The molecule has 0 atom stereocenters. The van der Waals surface area contributed by atoms with Gasteiger partial charge in [-0.15, -0.1) is 11.3 Å². The van der Waals surface area contributed by atoms with Crippen LogP contribution in [0, 0.1) is 5.92 Å². The van der Waals surface area contributed by atoms with Crippen molar-refractivity contribution >= 4 is 23.2 Å². The number of halogens is 2.